The van der Waals surface area contributed by atoms with E-state index in [0.717, 1.165) is 12.3 Å². The van der Waals surface area contributed by atoms with Gasteiger partial charge in [0.25, 0.3) is 0 Å². The number of hydrogen-bond donors (Lipinski definition) is 0. The van der Waals surface area contributed by atoms with Crippen LogP contribution >= 0.6 is 0 Å². The van der Waals surface area contributed by atoms with Crippen LogP contribution < -0.4 is 9.47 Å². The molecular formula is C26H25FN4O5S. The van der Waals surface area contributed by atoms with Gasteiger partial charge in [-0.05, 0) is 50.1 Å². The van der Waals surface area contributed by atoms with E-state index in [1.54, 1.807) is 31.2 Å². The summed E-state index contributed by atoms with van der Waals surface area (Å²) in [5, 5.41) is 9.04. The third kappa shape index (κ3) is 6.47. The summed E-state index contributed by atoms with van der Waals surface area (Å²) >= 11 is 0. The van der Waals surface area contributed by atoms with Crippen LogP contribution in [-0.2, 0) is 9.84 Å². The molecule has 4 rings (SSSR count). The van der Waals surface area contributed by atoms with Crippen LogP contribution in [0.5, 0.6) is 17.5 Å². The Morgan fingerprint density at radius 2 is 1.89 bits per heavy atom. The summed E-state index contributed by atoms with van der Waals surface area (Å²) in [6, 6.07) is 12.1. The first kappa shape index (κ1) is 26.2. The molecule has 0 N–H and O–H groups in total. The summed E-state index contributed by atoms with van der Waals surface area (Å²) < 4.78 is 49.4. The Morgan fingerprint density at radius 3 is 2.57 bits per heavy atom. The van der Waals surface area contributed by atoms with Crippen LogP contribution in [-0.4, -0.2) is 61.1 Å². The molecule has 9 nitrogen and oxygen atoms in total. The van der Waals surface area contributed by atoms with Gasteiger partial charge in [-0.15, -0.1) is 0 Å². The molecule has 0 bridgehead atoms. The third-order valence-electron chi connectivity index (χ3n) is 6.02. The predicted octanol–water partition coefficient (Wildman–Crippen LogP) is 3.72. The van der Waals surface area contributed by atoms with E-state index in [1.807, 2.05) is 11.0 Å². The average molecular weight is 525 g/mol. The molecule has 192 valence electrons. The quantitative estimate of drug-likeness (QED) is 0.406. The number of nitriles is 1. The smallest absolute Gasteiger partial charge is 0.229 e. The van der Waals surface area contributed by atoms with Crippen molar-refractivity contribution < 1.29 is 27.1 Å². The predicted molar refractivity (Wildman–Crippen MR) is 132 cm³/mol. The van der Waals surface area contributed by atoms with Crippen molar-refractivity contribution in [2.45, 2.75) is 30.8 Å². The van der Waals surface area contributed by atoms with E-state index in [4.69, 9.17) is 14.7 Å². The van der Waals surface area contributed by atoms with Gasteiger partial charge in [0.2, 0.25) is 11.8 Å². The summed E-state index contributed by atoms with van der Waals surface area (Å²) in [6.07, 6.45) is 3.46. The Kier molecular flexibility index (Phi) is 7.80. The number of rotatable bonds is 8. The van der Waals surface area contributed by atoms with Crippen molar-refractivity contribution in [1.82, 2.24) is 14.9 Å². The topological polar surface area (TPSA) is 122 Å². The maximum atomic E-state index is 14.4. The van der Waals surface area contributed by atoms with Crippen molar-refractivity contribution >= 4 is 15.6 Å². The zero-order valence-electron chi connectivity index (χ0n) is 20.3. The highest BCUT2D eigenvalue weighted by Crippen LogP contribution is 2.31. The Labute approximate surface area is 214 Å². The fraction of sp³-hybridized carbons (Fsp3) is 0.308. The Balaban J connectivity index is 1.35. The van der Waals surface area contributed by atoms with Crippen LogP contribution in [0.3, 0.4) is 0 Å². The highest BCUT2D eigenvalue weighted by Gasteiger charge is 2.24. The molecule has 0 amide bonds. The van der Waals surface area contributed by atoms with E-state index in [2.05, 4.69) is 9.97 Å². The summed E-state index contributed by atoms with van der Waals surface area (Å²) in [5.74, 6) is -0.635. The highest BCUT2D eigenvalue weighted by molar-refractivity contribution is 7.90. The lowest BCUT2D eigenvalue weighted by Gasteiger charge is -2.31. The maximum Gasteiger partial charge on any atom is 0.229 e. The highest BCUT2D eigenvalue weighted by atomic mass is 32.2. The minimum Gasteiger partial charge on any atom is -0.474 e. The maximum absolute atomic E-state index is 14.4. The molecule has 0 unspecified atom stereocenters. The molecule has 0 spiro atoms. The number of ketones is 1. The van der Waals surface area contributed by atoms with Gasteiger partial charge in [0, 0.05) is 24.9 Å². The number of nitrogens with zero attached hydrogens (tertiary/aromatic N) is 4. The van der Waals surface area contributed by atoms with Crippen molar-refractivity contribution in [3.8, 4) is 23.6 Å². The Bertz CT molecular complexity index is 1460. The molecule has 1 aliphatic rings. The van der Waals surface area contributed by atoms with Crippen LogP contribution in [0, 0.1) is 24.1 Å². The lowest BCUT2D eigenvalue weighted by atomic mass is 10.0. The van der Waals surface area contributed by atoms with Crippen molar-refractivity contribution in [3.05, 3.63) is 71.3 Å². The van der Waals surface area contributed by atoms with E-state index < -0.39 is 15.7 Å². The number of likely N-dealkylation sites (tertiary alicyclic amines) is 1. The van der Waals surface area contributed by atoms with Gasteiger partial charge < -0.3 is 9.47 Å². The van der Waals surface area contributed by atoms with Crippen LogP contribution in [0.15, 0.2) is 53.7 Å². The Morgan fingerprint density at radius 1 is 1.16 bits per heavy atom. The molecule has 3 aromatic rings. The molecule has 0 radical (unpaired) electrons. The molecule has 0 aliphatic carbocycles. The molecular weight excluding hydrogens is 499 g/mol. The van der Waals surface area contributed by atoms with Crippen molar-refractivity contribution in [1.29, 1.82) is 5.26 Å². The van der Waals surface area contributed by atoms with Gasteiger partial charge in [0.15, 0.2) is 27.2 Å². The average Bonchev–Trinajstić information content (AvgIpc) is 2.88. The third-order valence-corrected chi connectivity index (χ3v) is 7.13. The normalized spacial score (nSPS) is 14.6. The number of carbonyl (C=O) groups excluding carboxylic acids is 1. The first-order chi connectivity index (χ1) is 17.6. The summed E-state index contributed by atoms with van der Waals surface area (Å²) in [5.41, 5.74) is 1.45. The van der Waals surface area contributed by atoms with Crippen LogP contribution in [0.2, 0.25) is 0 Å². The van der Waals surface area contributed by atoms with Crippen molar-refractivity contribution in [3.63, 3.8) is 0 Å². The number of halogens is 1. The number of carbonyl (C=O) groups is 1. The first-order valence-corrected chi connectivity index (χ1v) is 13.4. The van der Waals surface area contributed by atoms with Gasteiger partial charge >= 0.3 is 0 Å². The fourth-order valence-electron chi connectivity index (χ4n) is 3.94. The molecule has 1 aromatic heterocycles. The molecule has 2 aromatic carbocycles. The molecule has 37 heavy (non-hydrogen) atoms. The molecule has 1 fully saturated rings. The van der Waals surface area contributed by atoms with E-state index in [1.165, 1.54) is 18.5 Å². The van der Waals surface area contributed by atoms with Crippen molar-refractivity contribution in [2.24, 2.45) is 0 Å². The van der Waals surface area contributed by atoms with Gasteiger partial charge in [-0.25, -0.2) is 22.8 Å². The lowest BCUT2D eigenvalue weighted by Crippen LogP contribution is -2.41. The number of hydrogen-bond acceptors (Lipinski definition) is 9. The van der Waals surface area contributed by atoms with Gasteiger partial charge in [0.1, 0.15) is 12.4 Å². The number of benzene rings is 2. The lowest BCUT2D eigenvalue weighted by molar-refractivity contribution is 0.0774. The zero-order chi connectivity index (χ0) is 26.6. The second kappa shape index (κ2) is 11.0. The molecule has 2 heterocycles. The number of sulfone groups is 1. The minimum atomic E-state index is -3.55. The molecule has 11 heteroatoms. The molecule has 1 aliphatic heterocycles. The summed E-state index contributed by atoms with van der Waals surface area (Å²) in [4.78, 5) is 22.8. The Hall–Kier alpha value is -3.88. The molecule has 1 saturated heterocycles. The number of piperidine rings is 1. The van der Waals surface area contributed by atoms with E-state index >= 15 is 0 Å². The van der Waals surface area contributed by atoms with E-state index in [-0.39, 0.29) is 35.0 Å². The largest absolute Gasteiger partial charge is 0.474 e. The van der Waals surface area contributed by atoms with E-state index in [9.17, 15) is 17.6 Å². The van der Waals surface area contributed by atoms with Gasteiger partial charge in [-0.1, -0.05) is 12.1 Å². The second-order valence-electron chi connectivity index (χ2n) is 8.78. The van der Waals surface area contributed by atoms with E-state index in [0.29, 0.717) is 48.5 Å². The van der Waals surface area contributed by atoms with Gasteiger partial charge in [0.05, 0.1) is 28.6 Å². The number of ether oxygens (including phenoxy) is 2. The monoisotopic (exact) mass is 524 g/mol. The number of aromatic nitrogens is 2. The number of Topliss-reactive ketones (excluding diaryl/α,β-unsaturated/α-hetero) is 1. The second-order valence-corrected chi connectivity index (χ2v) is 10.8. The summed E-state index contributed by atoms with van der Waals surface area (Å²) in [7, 11) is -3.55. The minimum absolute atomic E-state index is 0.0401. The zero-order valence-corrected chi connectivity index (χ0v) is 21.2. The van der Waals surface area contributed by atoms with Gasteiger partial charge in [-0.2, -0.15) is 5.26 Å². The van der Waals surface area contributed by atoms with Gasteiger partial charge in [-0.3, -0.25) is 9.69 Å². The van der Waals surface area contributed by atoms with Crippen molar-refractivity contribution in [2.75, 3.05) is 25.9 Å². The van der Waals surface area contributed by atoms with Crippen LogP contribution in [0.25, 0.3) is 0 Å². The van der Waals surface area contributed by atoms with Crippen LogP contribution in [0.1, 0.15) is 34.3 Å². The van der Waals surface area contributed by atoms with Crippen LogP contribution in [0.4, 0.5) is 4.39 Å². The standard InChI is InChI=1S/C26H25FN4O5S/c1-17-25(29-16-30-26(17)36-24-7-6-21(13-22(24)27)37(2,33)34)35-20-8-10-31(11-9-20)15-23(32)19-5-3-4-18(12-19)14-28/h3-7,12-13,16,20H,8-11,15H2,1-2H3. The molecule has 0 saturated carbocycles. The summed E-state index contributed by atoms with van der Waals surface area (Å²) in [6.45, 7) is 3.26. The SMILES string of the molecule is Cc1c(Oc2ccc(S(C)(=O)=O)cc2F)ncnc1OC1CCN(CC(=O)c2cccc(C#N)c2)CC1. The molecule has 0 atom stereocenters. The fourth-order valence-corrected chi connectivity index (χ4v) is 4.57. The first-order valence-electron chi connectivity index (χ1n) is 11.6.